The lowest BCUT2D eigenvalue weighted by Crippen LogP contribution is -2.12. The van der Waals surface area contributed by atoms with E-state index in [9.17, 15) is 0 Å². The molecule has 6 nitrogen and oxygen atoms in total. The van der Waals surface area contributed by atoms with Gasteiger partial charge in [0.15, 0.2) is 5.82 Å². The van der Waals surface area contributed by atoms with E-state index in [1.165, 1.54) is 0 Å². The highest BCUT2D eigenvalue weighted by molar-refractivity contribution is 5.86. The fraction of sp³-hybridized carbons (Fsp3) is 0.0833. The van der Waals surface area contributed by atoms with Gasteiger partial charge >= 0.3 is 0 Å². The molecule has 0 unspecified atom stereocenters. The molecule has 1 aromatic carbocycles. The Morgan fingerprint density at radius 2 is 2.00 bits per heavy atom. The molecule has 0 atom stereocenters. The maximum Gasteiger partial charge on any atom is 0.239 e. The van der Waals surface area contributed by atoms with Crippen molar-refractivity contribution in [1.82, 2.24) is 19.7 Å². The highest BCUT2D eigenvalue weighted by atomic mass is 15.3. The van der Waals surface area contributed by atoms with E-state index >= 15 is 0 Å². The molecule has 0 aliphatic heterocycles. The minimum Gasteiger partial charge on any atom is -0.292 e. The number of aromatic nitrogens is 4. The van der Waals surface area contributed by atoms with Gasteiger partial charge in [-0.15, -0.1) is 0 Å². The van der Waals surface area contributed by atoms with Crippen molar-refractivity contribution in [2.75, 3.05) is 5.43 Å². The number of nitrogen functional groups attached to an aromatic ring is 1. The fourth-order valence-electron chi connectivity index (χ4n) is 1.83. The number of hydrazine groups is 1. The summed E-state index contributed by atoms with van der Waals surface area (Å²) in [6.45, 7) is 1.93. The second kappa shape index (κ2) is 4.08. The third-order valence-corrected chi connectivity index (χ3v) is 2.65. The molecule has 3 aromatic rings. The molecule has 2 heterocycles. The van der Waals surface area contributed by atoms with E-state index in [-0.39, 0.29) is 0 Å². The number of nitrogens with zero attached hydrogens (tertiary/aromatic N) is 4. The van der Waals surface area contributed by atoms with Crippen LogP contribution in [-0.4, -0.2) is 19.7 Å². The Morgan fingerprint density at radius 3 is 2.72 bits per heavy atom. The van der Waals surface area contributed by atoms with Crippen LogP contribution >= 0.6 is 0 Å². The monoisotopic (exact) mass is 240 g/mol. The minimum atomic E-state index is 0.372. The number of hydrogen-bond donors (Lipinski definition) is 2. The van der Waals surface area contributed by atoms with Gasteiger partial charge in [-0.05, 0) is 25.1 Å². The maximum absolute atomic E-state index is 5.39. The summed E-state index contributed by atoms with van der Waals surface area (Å²) < 4.78 is 1.72. The van der Waals surface area contributed by atoms with Crippen molar-refractivity contribution in [3.8, 4) is 5.82 Å². The SMILES string of the molecule is Cc1ccn(-c2nc(NN)nc3ccccc23)n1. The molecular formula is C12H12N6. The van der Waals surface area contributed by atoms with Gasteiger partial charge in [-0.3, -0.25) is 5.43 Å². The summed E-state index contributed by atoms with van der Waals surface area (Å²) >= 11 is 0. The molecule has 0 aliphatic carbocycles. The average molecular weight is 240 g/mol. The zero-order valence-electron chi connectivity index (χ0n) is 9.83. The number of anilines is 1. The third-order valence-electron chi connectivity index (χ3n) is 2.65. The van der Waals surface area contributed by atoms with Crippen LogP contribution in [0.4, 0.5) is 5.95 Å². The van der Waals surface area contributed by atoms with E-state index in [1.54, 1.807) is 4.68 Å². The first-order valence-corrected chi connectivity index (χ1v) is 5.54. The average Bonchev–Trinajstić information content (AvgIpc) is 2.84. The smallest absolute Gasteiger partial charge is 0.239 e. The highest BCUT2D eigenvalue weighted by Gasteiger charge is 2.09. The van der Waals surface area contributed by atoms with E-state index in [2.05, 4.69) is 20.5 Å². The first-order valence-electron chi connectivity index (χ1n) is 5.54. The zero-order valence-corrected chi connectivity index (χ0v) is 9.83. The molecule has 0 bridgehead atoms. The first kappa shape index (κ1) is 10.7. The Morgan fingerprint density at radius 1 is 1.17 bits per heavy atom. The molecular weight excluding hydrogens is 228 g/mol. The van der Waals surface area contributed by atoms with Crippen molar-refractivity contribution in [1.29, 1.82) is 0 Å². The predicted molar refractivity (Wildman–Crippen MR) is 69.2 cm³/mol. The molecule has 0 saturated carbocycles. The molecule has 0 aliphatic rings. The van der Waals surface area contributed by atoms with Crippen molar-refractivity contribution < 1.29 is 0 Å². The van der Waals surface area contributed by atoms with E-state index < -0.39 is 0 Å². The van der Waals surface area contributed by atoms with Gasteiger partial charge < -0.3 is 0 Å². The Kier molecular flexibility index (Phi) is 2.42. The summed E-state index contributed by atoms with van der Waals surface area (Å²) in [5, 5.41) is 5.29. The van der Waals surface area contributed by atoms with E-state index in [4.69, 9.17) is 5.84 Å². The largest absolute Gasteiger partial charge is 0.292 e. The van der Waals surface area contributed by atoms with Crippen LogP contribution in [0.15, 0.2) is 36.5 Å². The van der Waals surface area contributed by atoms with Crippen LogP contribution < -0.4 is 11.3 Å². The third kappa shape index (κ3) is 1.68. The van der Waals surface area contributed by atoms with Crippen LogP contribution in [0, 0.1) is 6.92 Å². The second-order valence-corrected chi connectivity index (χ2v) is 3.93. The number of aryl methyl sites for hydroxylation is 1. The number of nitrogens with one attached hydrogen (secondary N) is 1. The Labute approximate surface area is 103 Å². The van der Waals surface area contributed by atoms with Gasteiger partial charge in [-0.25, -0.2) is 15.5 Å². The number of benzene rings is 1. The summed E-state index contributed by atoms with van der Waals surface area (Å²) in [5.74, 6) is 6.47. The summed E-state index contributed by atoms with van der Waals surface area (Å²) in [6.07, 6.45) is 1.87. The van der Waals surface area contributed by atoms with Gasteiger partial charge in [0, 0.05) is 11.6 Å². The van der Waals surface area contributed by atoms with Crippen LogP contribution in [0.2, 0.25) is 0 Å². The summed E-state index contributed by atoms with van der Waals surface area (Å²) in [5.41, 5.74) is 4.23. The minimum absolute atomic E-state index is 0.372. The van der Waals surface area contributed by atoms with Gasteiger partial charge in [0.2, 0.25) is 5.95 Å². The van der Waals surface area contributed by atoms with Crippen LogP contribution in [0.5, 0.6) is 0 Å². The quantitative estimate of drug-likeness (QED) is 0.523. The Hall–Kier alpha value is -2.47. The number of hydrogen-bond acceptors (Lipinski definition) is 5. The predicted octanol–water partition coefficient (Wildman–Crippen LogP) is 1.41. The summed E-state index contributed by atoms with van der Waals surface area (Å²) in [4.78, 5) is 8.65. The topological polar surface area (TPSA) is 81.7 Å². The molecule has 3 N–H and O–H groups in total. The molecule has 90 valence electrons. The number of para-hydroxylation sites is 1. The number of fused-ring (bicyclic) bond motifs is 1. The molecule has 0 spiro atoms. The highest BCUT2D eigenvalue weighted by Crippen LogP contribution is 2.20. The maximum atomic E-state index is 5.39. The molecule has 18 heavy (non-hydrogen) atoms. The van der Waals surface area contributed by atoms with Crippen molar-refractivity contribution in [3.63, 3.8) is 0 Å². The number of rotatable bonds is 2. The fourth-order valence-corrected chi connectivity index (χ4v) is 1.83. The van der Waals surface area contributed by atoms with Gasteiger partial charge in [-0.1, -0.05) is 12.1 Å². The normalized spacial score (nSPS) is 10.8. The number of nitrogens with two attached hydrogens (primary N) is 1. The molecule has 0 saturated heterocycles. The van der Waals surface area contributed by atoms with Crippen LogP contribution in [-0.2, 0) is 0 Å². The Bertz CT molecular complexity index is 703. The van der Waals surface area contributed by atoms with Crippen molar-refractivity contribution in [3.05, 3.63) is 42.2 Å². The summed E-state index contributed by atoms with van der Waals surface area (Å²) in [6, 6.07) is 9.67. The van der Waals surface area contributed by atoms with Gasteiger partial charge in [0.1, 0.15) is 0 Å². The van der Waals surface area contributed by atoms with E-state index in [1.807, 2.05) is 43.5 Å². The first-order chi connectivity index (χ1) is 8.78. The lowest BCUT2D eigenvalue weighted by Gasteiger charge is -2.07. The molecule has 3 rings (SSSR count). The Balaban J connectivity index is 2.32. The zero-order chi connectivity index (χ0) is 12.5. The van der Waals surface area contributed by atoms with Crippen molar-refractivity contribution in [2.24, 2.45) is 5.84 Å². The van der Waals surface area contributed by atoms with Gasteiger partial charge in [0.25, 0.3) is 0 Å². The molecule has 0 fully saturated rings. The molecule has 2 aromatic heterocycles. The second-order valence-electron chi connectivity index (χ2n) is 3.93. The van der Waals surface area contributed by atoms with E-state index in [0.29, 0.717) is 11.8 Å². The van der Waals surface area contributed by atoms with E-state index in [0.717, 1.165) is 16.6 Å². The lowest BCUT2D eigenvalue weighted by molar-refractivity contribution is 0.837. The van der Waals surface area contributed by atoms with Gasteiger partial charge in [-0.2, -0.15) is 10.1 Å². The van der Waals surface area contributed by atoms with Crippen LogP contribution in [0.3, 0.4) is 0 Å². The molecule has 0 amide bonds. The molecule has 6 heteroatoms. The lowest BCUT2D eigenvalue weighted by atomic mass is 10.2. The van der Waals surface area contributed by atoms with Crippen LogP contribution in [0.1, 0.15) is 5.69 Å². The molecule has 0 radical (unpaired) electrons. The van der Waals surface area contributed by atoms with Crippen molar-refractivity contribution >= 4 is 16.9 Å². The standard InChI is InChI=1S/C12H12N6/c1-8-6-7-18(17-8)11-9-4-2-3-5-10(9)14-12(15-11)16-13/h2-7H,13H2,1H3,(H,14,15,16). The van der Waals surface area contributed by atoms with Crippen molar-refractivity contribution in [2.45, 2.75) is 6.92 Å². The van der Waals surface area contributed by atoms with Gasteiger partial charge in [0.05, 0.1) is 11.2 Å². The van der Waals surface area contributed by atoms with Crippen LogP contribution in [0.25, 0.3) is 16.7 Å². The summed E-state index contributed by atoms with van der Waals surface area (Å²) in [7, 11) is 0.